The molecule has 0 saturated carbocycles. The third-order valence-corrected chi connectivity index (χ3v) is 8.15. The highest BCUT2D eigenvalue weighted by Gasteiger charge is 2.20. The number of carbonyl (C=O) groups excluding carboxylic acids is 3. The number of amides is 3. The highest BCUT2D eigenvalue weighted by Crippen LogP contribution is 2.36. The van der Waals surface area contributed by atoms with Crippen molar-refractivity contribution in [2.45, 2.75) is 13.0 Å². The number of benzene rings is 4. The summed E-state index contributed by atoms with van der Waals surface area (Å²) in [5.41, 5.74) is 6.28. The molecule has 5 aromatic rings. The van der Waals surface area contributed by atoms with Crippen LogP contribution in [0.1, 0.15) is 32.0 Å². The standard InChI is InChI=1S/C38H30N4O6/c43-14-12-31-30-8-4-5-9-32(30)36(42(23-44)48-21-24-6-2-1-3-7-24)20-34(31)41-38(46)35-19-26-18-29(10-11-33(26)40-35)39-37(45)27-16-25-13-15-47-22-28(25)17-27/h1-11,13,15-20,22-23,40,43H,12,14,21H2,(H,39,45)(H,41,46). The molecule has 0 saturated heterocycles. The van der Waals surface area contributed by atoms with Crippen molar-refractivity contribution >= 4 is 57.0 Å². The van der Waals surface area contributed by atoms with Gasteiger partial charge < -0.3 is 25.1 Å². The average Bonchev–Trinajstić information content (AvgIpc) is 3.75. The lowest BCUT2D eigenvalue weighted by atomic mass is 9.98. The number of aliphatic hydroxyl groups excluding tert-OH is 1. The molecule has 0 radical (unpaired) electrons. The normalized spacial score (nSPS) is 11.2. The molecule has 10 nitrogen and oxygen atoms in total. The van der Waals surface area contributed by atoms with Crippen molar-refractivity contribution in [2.24, 2.45) is 0 Å². The minimum atomic E-state index is -0.422. The summed E-state index contributed by atoms with van der Waals surface area (Å²) >= 11 is 0. The van der Waals surface area contributed by atoms with Gasteiger partial charge in [0.25, 0.3) is 11.8 Å². The van der Waals surface area contributed by atoms with Gasteiger partial charge in [0.15, 0.2) is 0 Å². The molecule has 48 heavy (non-hydrogen) atoms. The first-order valence-corrected chi connectivity index (χ1v) is 15.3. The van der Waals surface area contributed by atoms with Crippen LogP contribution < -0.4 is 15.7 Å². The van der Waals surface area contributed by atoms with Crippen molar-refractivity contribution in [2.75, 3.05) is 22.3 Å². The van der Waals surface area contributed by atoms with Crippen LogP contribution in [0.15, 0.2) is 120 Å². The molecule has 1 aromatic heterocycles. The summed E-state index contributed by atoms with van der Waals surface area (Å²) in [4.78, 5) is 48.0. The zero-order chi connectivity index (χ0) is 33.0. The number of nitrogens with zero attached hydrogens (tertiary/aromatic N) is 1. The topological polar surface area (TPSA) is 137 Å². The monoisotopic (exact) mass is 638 g/mol. The van der Waals surface area contributed by atoms with Crippen LogP contribution in [0.3, 0.4) is 0 Å². The van der Waals surface area contributed by atoms with E-state index >= 15 is 0 Å². The Kier molecular flexibility index (Phi) is 8.40. The predicted molar refractivity (Wildman–Crippen MR) is 184 cm³/mol. The van der Waals surface area contributed by atoms with E-state index in [1.165, 1.54) is 0 Å². The maximum Gasteiger partial charge on any atom is 0.272 e. The Labute approximate surface area is 274 Å². The zero-order valence-electron chi connectivity index (χ0n) is 25.6. The molecule has 0 bridgehead atoms. The van der Waals surface area contributed by atoms with Gasteiger partial charge in [0.05, 0.1) is 18.2 Å². The Morgan fingerprint density at radius 2 is 1.65 bits per heavy atom. The van der Waals surface area contributed by atoms with E-state index < -0.39 is 5.91 Å². The zero-order valence-corrected chi connectivity index (χ0v) is 25.6. The van der Waals surface area contributed by atoms with Crippen LogP contribution in [0.4, 0.5) is 17.1 Å². The second kappa shape index (κ2) is 13.2. The first kappa shape index (κ1) is 30.4. The van der Waals surface area contributed by atoms with Gasteiger partial charge in [0.1, 0.15) is 12.3 Å². The quantitative estimate of drug-likeness (QED) is 0.0877. The van der Waals surface area contributed by atoms with Crippen molar-refractivity contribution in [1.29, 1.82) is 0 Å². The smallest absolute Gasteiger partial charge is 0.272 e. The summed E-state index contributed by atoms with van der Waals surface area (Å²) in [6.07, 6.45) is 4.01. The van der Waals surface area contributed by atoms with Crippen LogP contribution in [0, 0.1) is 0 Å². The largest absolute Gasteiger partial charge is 0.472 e. The van der Waals surface area contributed by atoms with Crippen molar-refractivity contribution < 1.29 is 28.7 Å². The third kappa shape index (κ3) is 6.13. The Hall–Kier alpha value is -6.23. The summed E-state index contributed by atoms with van der Waals surface area (Å²) in [5.74, 6) is -0.686. The number of carbonyl (C=O) groups is 3. The van der Waals surface area contributed by atoms with E-state index in [1.807, 2.05) is 54.6 Å². The van der Waals surface area contributed by atoms with Gasteiger partial charge in [-0.25, -0.2) is 0 Å². The molecule has 238 valence electrons. The highest BCUT2D eigenvalue weighted by molar-refractivity contribution is 6.11. The molecular weight excluding hydrogens is 608 g/mol. The molecule has 0 fully saturated rings. The van der Waals surface area contributed by atoms with Crippen molar-refractivity contribution in [3.8, 4) is 11.1 Å². The highest BCUT2D eigenvalue weighted by atomic mass is 16.7. The van der Waals surface area contributed by atoms with E-state index in [0.29, 0.717) is 40.1 Å². The maximum absolute atomic E-state index is 13.7. The fraction of sp³-hybridized carbons (Fsp3) is 0.0789. The summed E-state index contributed by atoms with van der Waals surface area (Å²) in [5, 5.41) is 19.2. The summed E-state index contributed by atoms with van der Waals surface area (Å²) in [6, 6.07) is 31.0. The lowest BCUT2D eigenvalue weighted by molar-refractivity contribution is -0.114. The minimum Gasteiger partial charge on any atom is -0.472 e. The van der Waals surface area contributed by atoms with Gasteiger partial charge in [-0.2, -0.15) is 5.06 Å². The van der Waals surface area contributed by atoms with Crippen LogP contribution in [0.2, 0.25) is 0 Å². The molecular formula is C38H30N4O6. The Morgan fingerprint density at radius 3 is 2.44 bits per heavy atom. The van der Waals surface area contributed by atoms with Gasteiger partial charge in [-0.05, 0) is 77.0 Å². The van der Waals surface area contributed by atoms with Gasteiger partial charge in [-0.3, -0.25) is 19.2 Å². The van der Waals surface area contributed by atoms with E-state index in [2.05, 4.69) is 15.6 Å². The van der Waals surface area contributed by atoms with E-state index in [1.54, 1.807) is 61.1 Å². The summed E-state index contributed by atoms with van der Waals surface area (Å²) in [6.45, 7) is 0.0102. The van der Waals surface area contributed by atoms with Crippen LogP contribution in [-0.4, -0.2) is 34.9 Å². The third-order valence-electron chi connectivity index (χ3n) is 8.15. The van der Waals surface area contributed by atoms with Gasteiger partial charge >= 0.3 is 0 Å². The Morgan fingerprint density at radius 1 is 0.854 bits per heavy atom. The van der Waals surface area contributed by atoms with E-state index in [0.717, 1.165) is 37.9 Å². The molecule has 2 heterocycles. The van der Waals surface area contributed by atoms with Crippen LogP contribution in [0.25, 0.3) is 32.8 Å². The van der Waals surface area contributed by atoms with Crippen LogP contribution in [-0.2, 0) is 22.7 Å². The van der Waals surface area contributed by atoms with Gasteiger partial charge in [-0.1, -0.05) is 54.6 Å². The van der Waals surface area contributed by atoms with Crippen molar-refractivity contribution in [1.82, 2.24) is 4.98 Å². The van der Waals surface area contributed by atoms with E-state index in [9.17, 15) is 19.5 Å². The van der Waals surface area contributed by atoms with Crippen LogP contribution in [0.5, 0.6) is 0 Å². The number of fused-ring (bicyclic) bond motifs is 3. The van der Waals surface area contributed by atoms with E-state index in [4.69, 9.17) is 9.25 Å². The fourth-order valence-electron chi connectivity index (χ4n) is 5.84. The number of hydroxylamine groups is 1. The lowest BCUT2D eigenvalue weighted by Crippen LogP contribution is -2.22. The molecule has 4 aromatic carbocycles. The molecule has 4 N–H and O–H groups in total. The number of nitrogens with one attached hydrogen (secondary N) is 3. The lowest BCUT2D eigenvalue weighted by Gasteiger charge is -2.22. The first-order valence-electron chi connectivity index (χ1n) is 15.3. The Balaban J connectivity index is 1.16. The second-order valence-corrected chi connectivity index (χ2v) is 11.2. The predicted octanol–water partition coefficient (Wildman–Crippen LogP) is 7.15. The Bertz CT molecular complexity index is 2210. The molecule has 1 aliphatic heterocycles. The number of anilines is 3. The second-order valence-electron chi connectivity index (χ2n) is 11.2. The summed E-state index contributed by atoms with van der Waals surface area (Å²) in [7, 11) is 0. The number of aliphatic hydroxyl groups is 1. The first-order chi connectivity index (χ1) is 23.5. The van der Waals surface area contributed by atoms with Gasteiger partial charge in [0, 0.05) is 45.4 Å². The molecule has 10 heteroatoms. The number of rotatable bonds is 11. The molecule has 0 spiro atoms. The molecule has 1 aliphatic carbocycles. The van der Waals surface area contributed by atoms with Gasteiger partial charge in [-0.15, -0.1) is 0 Å². The number of aromatic nitrogens is 1. The SMILES string of the molecule is O=CN(OCc1ccccc1)c1cc(NC(=O)c2cc3cc(NC(=O)c4cc5ccocc-5c4)ccc3[nH]2)c(CCO)c2ccccc12. The van der Waals surface area contributed by atoms with Crippen molar-refractivity contribution in [3.05, 3.63) is 138 Å². The number of hydrogen-bond donors (Lipinski definition) is 4. The minimum absolute atomic E-state index is 0.148. The number of H-pyrrole nitrogens is 1. The molecule has 2 aliphatic rings. The van der Waals surface area contributed by atoms with Crippen LogP contribution >= 0.6 is 0 Å². The molecule has 3 amide bonds. The molecule has 0 atom stereocenters. The summed E-state index contributed by atoms with van der Waals surface area (Å²) < 4.78 is 5.19. The van der Waals surface area contributed by atoms with Gasteiger partial charge in [0.2, 0.25) is 6.41 Å². The van der Waals surface area contributed by atoms with E-state index in [-0.39, 0.29) is 31.2 Å². The maximum atomic E-state index is 13.7. The molecule has 0 unspecified atom stereocenters. The molecule has 7 rings (SSSR count). The average molecular weight is 639 g/mol. The fourth-order valence-corrected chi connectivity index (χ4v) is 5.84. The van der Waals surface area contributed by atoms with Crippen molar-refractivity contribution in [3.63, 3.8) is 0 Å². The number of aromatic amines is 1. The number of hydrogen-bond acceptors (Lipinski definition) is 6.